The number of hydrogen-bond acceptors (Lipinski definition) is 6. The van der Waals surface area contributed by atoms with Gasteiger partial charge in [-0.15, -0.1) is 0 Å². The summed E-state index contributed by atoms with van der Waals surface area (Å²) in [6.45, 7) is 9.06. The van der Waals surface area contributed by atoms with E-state index in [0.717, 1.165) is 18.8 Å². The second kappa shape index (κ2) is 6.65. The molecule has 0 N–H and O–H groups in total. The summed E-state index contributed by atoms with van der Waals surface area (Å²) in [5.41, 5.74) is 1.19. The molecule has 0 radical (unpaired) electrons. The van der Waals surface area contributed by atoms with Gasteiger partial charge < -0.3 is 14.4 Å². The van der Waals surface area contributed by atoms with Crippen LogP contribution in [0.4, 0.5) is 5.95 Å². The summed E-state index contributed by atoms with van der Waals surface area (Å²) in [5.74, 6) is 0.437. The first-order valence-corrected chi connectivity index (χ1v) is 7.00. The van der Waals surface area contributed by atoms with Crippen molar-refractivity contribution in [1.82, 2.24) is 9.97 Å². The number of rotatable bonds is 4. The van der Waals surface area contributed by atoms with Gasteiger partial charge in [0.2, 0.25) is 5.95 Å². The molecule has 0 spiro atoms. The number of anilines is 1. The van der Waals surface area contributed by atoms with Crippen molar-refractivity contribution in [3.05, 3.63) is 17.5 Å². The van der Waals surface area contributed by atoms with E-state index in [-0.39, 0.29) is 11.9 Å². The van der Waals surface area contributed by atoms with E-state index in [1.165, 1.54) is 0 Å². The standard InChI is InChI=1S/C14H21N3O3/c1-4-20-13(18)11-9-15-14(16-12(11)10(2)3)17-5-7-19-8-6-17/h9-10H,4-8H2,1-3H3. The lowest BCUT2D eigenvalue weighted by Gasteiger charge is -2.27. The first kappa shape index (κ1) is 14.7. The number of nitrogens with zero attached hydrogens (tertiary/aromatic N) is 3. The molecular weight excluding hydrogens is 258 g/mol. The summed E-state index contributed by atoms with van der Waals surface area (Å²) in [6, 6.07) is 0. The topological polar surface area (TPSA) is 64.5 Å². The zero-order chi connectivity index (χ0) is 14.5. The van der Waals surface area contributed by atoms with E-state index < -0.39 is 0 Å². The van der Waals surface area contributed by atoms with Gasteiger partial charge in [-0.05, 0) is 12.8 Å². The highest BCUT2D eigenvalue weighted by Crippen LogP contribution is 2.21. The Bertz CT molecular complexity index is 471. The molecule has 0 saturated carbocycles. The van der Waals surface area contributed by atoms with E-state index in [1.54, 1.807) is 13.1 Å². The van der Waals surface area contributed by atoms with Crippen LogP contribution in [0.5, 0.6) is 0 Å². The molecule has 1 fully saturated rings. The fourth-order valence-electron chi connectivity index (χ4n) is 2.11. The predicted octanol–water partition coefficient (Wildman–Crippen LogP) is 1.61. The minimum absolute atomic E-state index is 0.136. The molecule has 0 atom stereocenters. The second-order valence-electron chi connectivity index (χ2n) is 4.94. The van der Waals surface area contributed by atoms with Gasteiger partial charge in [-0.2, -0.15) is 0 Å². The Morgan fingerprint density at radius 3 is 2.75 bits per heavy atom. The molecule has 0 aromatic carbocycles. The number of hydrogen-bond donors (Lipinski definition) is 0. The monoisotopic (exact) mass is 279 g/mol. The fourth-order valence-corrected chi connectivity index (χ4v) is 2.11. The molecule has 1 aliphatic rings. The van der Waals surface area contributed by atoms with Crippen LogP contribution >= 0.6 is 0 Å². The zero-order valence-electron chi connectivity index (χ0n) is 12.3. The molecule has 0 aliphatic carbocycles. The van der Waals surface area contributed by atoms with Crippen molar-refractivity contribution in [3.63, 3.8) is 0 Å². The van der Waals surface area contributed by atoms with Gasteiger partial charge in [0.15, 0.2) is 0 Å². The van der Waals surface area contributed by atoms with E-state index in [1.807, 2.05) is 13.8 Å². The maximum Gasteiger partial charge on any atom is 0.341 e. The largest absolute Gasteiger partial charge is 0.462 e. The Morgan fingerprint density at radius 2 is 2.15 bits per heavy atom. The van der Waals surface area contributed by atoms with Gasteiger partial charge in [-0.25, -0.2) is 14.8 Å². The molecule has 0 unspecified atom stereocenters. The Hall–Kier alpha value is -1.69. The minimum Gasteiger partial charge on any atom is -0.462 e. The van der Waals surface area contributed by atoms with Gasteiger partial charge in [-0.1, -0.05) is 13.8 Å². The van der Waals surface area contributed by atoms with Gasteiger partial charge in [0.1, 0.15) is 0 Å². The van der Waals surface area contributed by atoms with Gasteiger partial charge in [-0.3, -0.25) is 0 Å². The summed E-state index contributed by atoms with van der Waals surface area (Å²) in [4.78, 5) is 22.9. The van der Waals surface area contributed by atoms with E-state index in [0.29, 0.717) is 31.3 Å². The van der Waals surface area contributed by atoms with E-state index in [9.17, 15) is 4.79 Å². The molecule has 1 aliphatic heterocycles. The van der Waals surface area contributed by atoms with Gasteiger partial charge in [0.25, 0.3) is 0 Å². The number of morpholine rings is 1. The molecule has 6 nitrogen and oxygen atoms in total. The molecule has 6 heteroatoms. The van der Waals surface area contributed by atoms with Crippen LogP contribution in [0, 0.1) is 0 Å². The van der Waals surface area contributed by atoms with Crippen LogP contribution in [0.3, 0.4) is 0 Å². The van der Waals surface area contributed by atoms with Crippen LogP contribution < -0.4 is 4.90 Å². The molecule has 2 heterocycles. The molecule has 1 aromatic heterocycles. The van der Waals surface area contributed by atoms with Crippen molar-refractivity contribution in [2.45, 2.75) is 26.7 Å². The van der Waals surface area contributed by atoms with E-state index >= 15 is 0 Å². The van der Waals surface area contributed by atoms with Crippen LogP contribution in [0.15, 0.2) is 6.20 Å². The lowest BCUT2D eigenvalue weighted by atomic mass is 10.1. The Labute approximate surface area is 119 Å². The molecule has 2 rings (SSSR count). The third-order valence-corrected chi connectivity index (χ3v) is 3.14. The number of aromatic nitrogens is 2. The van der Waals surface area contributed by atoms with Crippen LogP contribution in [-0.4, -0.2) is 48.8 Å². The molecule has 0 amide bonds. The predicted molar refractivity (Wildman–Crippen MR) is 75.1 cm³/mol. The fraction of sp³-hybridized carbons (Fsp3) is 0.643. The second-order valence-corrected chi connectivity index (χ2v) is 4.94. The third kappa shape index (κ3) is 3.25. The molecule has 1 saturated heterocycles. The van der Waals surface area contributed by atoms with Crippen LogP contribution in [0.25, 0.3) is 0 Å². The molecular formula is C14H21N3O3. The highest BCUT2D eigenvalue weighted by atomic mass is 16.5. The summed E-state index contributed by atoms with van der Waals surface area (Å²) < 4.78 is 10.4. The molecule has 20 heavy (non-hydrogen) atoms. The van der Waals surface area contributed by atoms with Gasteiger partial charge in [0.05, 0.1) is 31.1 Å². The van der Waals surface area contributed by atoms with E-state index in [4.69, 9.17) is 9.47 Å². The van der Waals surface area contributed by atoms with E-state index in [2.05, 4.69) is 14.9 Å². The smallest absolute Gasteiger partial charge is 0.341 e. The van der Waals surface area contributed by atoms with Crippen molar-refractivity contribution in [3.8, 4) is 0 Å². The molecule has 0 bridgehead atoms. The van der Waals surface area contributed by atoms with Crippen LogP contribution in [0.1, 0.15) is 42.7 Å². The molecule has 110 valence electrons. The minimum atomic E-state index is -0.357. The summed E-state index contributed by atoms with van der Waals surface area (Å²) >= 11 is 0. The number of carbonyl (C=O) groups excluding carboxylic acids is 1. The van der Waals surface area contributed by atoms with Crippen LogP contribution in [-0.2, 0) is 9.47 Å². The molecule has 1 aromatic rings. The van der Waals surface area contributed by atoms with Crippen molar-refractivity contribution >= 4 is 11.9 Å². The highest BCUT2D eigenvalue weighted by molar-refractivity contribution is 5.90. The van der Waals surface area contributed by atoms with Gasteiger partial charge in [0, 0.05) is 19.3 Å². The first-order valence-electron chi connectivity index (χ1n) is 7.00. The zero-order valence-corrected chi connectivity index (χ0v) is 12.3. The maximum absolute atomic E-state index is 11.9. The summed E-state index contributed by atoms with van der Waals surface area (Å²) in [6.07, 6.45) is 1.57. The van der Waals surface area contributed by atoms with Crippen molar-refractivity contribution < 1.29 is 14.3 Å². The normalized spacial score (nSPS) is 15.5. The van der Waals surface area contributed by atoms with Gasteiger partial charge >= 0.3 is 5.97 Å². The maximum atomic E-state index is 11.9. The third-order valence-electron chi connectivity index (χ3n) is 3.14. The van der Waals surface area contributed by atoms with Crippen molar-refractivity contribution in [1.29, 1.82) is 0 Å². The first-order chi connectivity index (χ1) is 9.63. The SMILES string of the molecule is CCOC(=O)c1cnc(N2CCOCC2)nc1C(C)C. The number of carbonyl (C=O) groups is 1. The Balaban J connectivity index is 2.29. The van der Waals surface area contributed by atoms with Crippen molar-refractivity contribution in [2.24, 2.45) is 0 Å². The lowest BCUT2D eigenvalue weighted by molar-refractivity contribution is 0.0523. The summed E-state index contributed by atoms with van der Waals surface area (Å²) in [5, 5.41) is 0. The summed E-state index contributed by atoms with van der Waals surface area (Å²) in [7, 11) is 0. The Kier molecular flexibility index (Phi) is 4.89. The van der Waals surface area contributed by atoms with Crippen molar-refractivity contribution in [2.75, 3.05) is 37.8 Å². The Morgan fingerprint density at radius 1 is 1.45 bits per heavy atom. The quantitative estimate of drug-likeness (QED) is 0.780. The highest BCUT2D eigenvalue weighted by Gasteiger charge is 2.21. The average Bonchev–Trinajstić information content (AvgIpc) is 2.47. The number of ether oxygens (including phenoxy) is 2. The average molecular weight is 279 g/mol. The van der Waals surface area contributed by atoms with Crippen LogP contribution in [0.2, 0.25) is 0 Å². The number of esters is 1. The lowest BCUT2D eigenvalue weighted by Crippen LogP contribution is -2.37.